The molecule has 0 saturated carbocycles. The molecule has 0 bridgehead atoms. The summed E-state index contributed by atoms with van der Waals surface area (Å²) < 4.78 is 15.5. The first-order valence-corrected chi connectivity index (χ1v) is 7.57. The van der Waals surface area contributed by atoms with Crippen LogP contribution in [0.25, 0.3) is 0 Å². The van der Waals surface area contributed by atoms with Gasteiger partial charge in [-0.05, 0) is 43.3 Å². The van der Waals surface area contributed by atoms with Crippen LogP contribution in [0.5, 0.6) is 11.5 Å². The predicted octanol–water partition coefficient (Wildman–Crippen LogP) is 3.79. The Balaban J connectivity index is 2.14. The number of hydrogen-bond donors (Lipinski definition) is 0. The van der Waals surface area contributed by atoms with E-state index < -0.39 is 12.1 Å². The zero-order valence-corrected chi connectivity index (χ0v) is 14.3. The van der Waals surface area contributed by atoms with Gasteiger partial charge in [0, 0.05) is 16.7 Å². The molecule has 0 aliphatic rings. The zero-order chi connectivity index (χ0) is 17.7. The van der Waals surface area contributed by atoms with Crippen molar-refractivity contribution in [3.05, 3.63) is 58.6 Å². The smallest absolute Gasteiger partial charge is 0.342 e. The lowest BCUT2D eigenvalue weighted by molar-refractivity contribution is 0.0316. The van der Waals surface area contributed by atoms with Crippen molar-refractivity contribution in [3.63, 3.8) is 0 Å². The second-order valence-corrected chi connectivity index (χ2v) is 5.42. The van der Waals surface area contributed by atoms with E-state index >= 15 is 0 Å². The number of hydrogen-bond acceptors (Lipinski definition) is 5. The highest BCUT2D eigenvalue weighted by Crippen LogP contribution is 2.25. The molecule has 24 heavy (non-hydrogen) atoms. The molecule has 6 heteroatoms. The minimum absolute atomic E-state index is 0.217. The van der Waals surface area contributed by atoms with Crippen LogP contribution in [-0.2, 0) is 4.74 Å². The fourth-order valence-corrected chi connectivity index (χ4v) is 2.22. The average molecular weight is 349 g/mol. The van der Waals surface area contributed by atoms with E-state index in [4.69, 9.17) is 25.8 Å². The van der Waals surface area contributed by atoms with Crippen LogP contribution < -0.4 is 9.47 Å². The molecule has 0 heterocycles. The zero-order valence-electron chi connectivity index (χ0n) is 13.5. The van der Waals surface area contributed by atoms with E-state index in [2.05, 4.69) is 0 Å². The van der Waals surface area contributed by atoms with E-state index in [9.17, 15) is 9.59 Å². The molecule has 5 nitrogen and oxygen atoms in total. The summed E-state index contributed by atoms with van der Waals surface area (Å²) in [5.41, 5.74) is 0.635. The summed E-state index contributed by atoms with van der Waals surface area (Å²) in [6.45, 7) is 1.52. The summed E-state index contributed by atoms with van der Waals surface area (Å²) in [7, 11) is 2.95. The Kier molecular flexibility index (Phi) is 5.82. The quantitative estimate of drug-likeness (QED) is 0.587. The van der Waals surface area contributed by atoms with Gasteiger partial charge in [-0.25, -0.2) is 4.79 Å². The van der Waals surface area contributed by atoms with Gasteiger partial charge in [-0.1, -0.05) is 11.6 Å². The number of halogens is 1. The Morgan fingerprint density at radius 3 is 2.25 bits per heavy atom. The third-order valence-corrected chi connectivity index (χ3v) is 3.66. The highest BCUT2D eigenvalue weighted by molar-refractivity contribution is 6.30. The van der Waals surface area contributed by atoms with Crippen LogP contribution >= 0.6 is 11.6 Å². The van der Waals surface area contributed by atoms with E-state index in [0.29, 0.717) is 22.1 Å². The normalized spacial score (nSPS) is 11.5. The Morgan fingerprint density at radius 2 is 1.67 bits per heavy atom. The second-order valence-electron chi connectivity index (χ2n) is 4.98. The predicted molar refractivity (Wildman–Crippen MR) is 90.2 cm³/mol. The van der Waals surface area contributed by atoms with E-state index in [1.54, 1.807) is 36.4 Å². The molecule has 0 aromatic heterocycles. The molecule has 0 aliphatic heterocycles. The van der Waals surface area contributed by atoms with Crippen LogP contribution in [0.2, 0.25) is 5.02 Å². The molecule has 2 aromatic carbocycles. The Bertz CT molecular complexity index is 740. The van der Waals surface area contributed by atoms with Gasteiger partial charge < -0.3 is 14.2 Å². The molecule has 2 aromatic rings. The first-order chi connectivity index (χ1) is 11.5. The highest BCUT2D eigenvalue weighted by atomic mass is 35.5. The molecule has 1 atom stereocenters. The van der Waals surface area contributed by atoms with Gasteiger partial charge in [-0.2, -0.15) is 0 Å². The minimum Gasteiger partial charge on any atom is -0.497 e. The molecule has 0 radical (unpaired) electrons. The molecule has 0 saturated heterocycles. The summed E-state index contributed by atoms with van der Waals surface area (Å²) in [5, 5.41) is 0.527. The molecule has 0 spiro atoms. The monoisotopic (exact) mass is 348 g/mol. The largest absolute Gasteiger partial charge is 0.497 e. The summed E-state index contributed by atoms with van der Waals surface area (Å²) in [5.74, 6) is -0.101. The molecule has 0 unspecified atom stereocenters. The molecule has 126 valence electrons. The maximum atomic E-state index is 12.3. The van der Waals surface area contributed by atoms with Gasteiger partial charge in [-0.3, -0.25) is 4.79 Å². The van der Waals surface area contributed by atoms with Crippen LogP contribution in [-0.4, -0.2) is 32.1 Å². The van der Waals surface area contributed by atoms with Crippen molar-refractivity contribution >= 4 is 23.4 Å². The van der Waals surface area contributed by atoms with Crippen molar-refractivity contribution in [2.24, 2.45) is 0 Å². The topological polar surface area (TPSA) is 61.8 Å². The third kappa shape index (κ3) is 4.06. The molecule has 0 aliphatic carbocycles. The van der Waals surface area contributed by atoms with E-state index in [0.717, 1.165) is 0 Å². The minimum atomic E-state index is -0.939. The molecular formula is C18H17ClO5. The van der Waals surface area contributed by atoms with Crippen molar-refractivity contribution in [2.75, 3.05) is 14.2 Å². The van der Waals surface area contributed by atoms with E-state index in [1.807, 2.05) is 0 Å². The number of ether oxygens (including phenoxy) is 3. The molecule has 0 fully saturated rings. The number of methoxy groups -OCH3 is 2. The van der Waals surface area contributed by atoms with Gasteiger partial charge in [0.05, 0.1) is 14.2 Å². The van der Waals surface area contributed by atoms with E-state index in [-0.39, 0.29) is 11.3 Å². The number of rotatable bonds is 6. The maximum Gasteiger partial charge on any atom is 0.342 e. The highest BCUT2D eigenvalue weighted by Gasteiger charge is 2.22. The summed E-state index contributed by atoms with van der Waals surface area (Å²) >= 11 is 5.80. The second kappa shape index (κ2) is 7.84. The van der Waals surface area contributed by atoms with Crippen molar-refractivity contribution in [1.29, 1.82) is 0 Å². The van der Waals surface area contributed by atoms with Gasteiger partial charge in [0.2, 0.25) is 5.78 Å². The summed E-state index contributed by atoms with van der Waals surface area (Å²) in [6, 6.07) is 11.1. The lowest BCUT2D eigenvalue weighted by Gasteiger charge is -2.14. The fourth-order valence-electron chi connectivity index (χ4n) is 2.09. The number of esters is 1. The standard InChI is InChI=1S/C18H17ClO5/c1-11(17(20)12-4-6-13(19)7-5-12)24-18(21)15-9-8-14(22-2)10-16(15)23-3/h4-11H,1-3H3/t11-/m1/s1. The number of carbonyl (C=O) groups is 2. The first kappa shape index (κ1) is 17.8. The lowest BCUT2D eigenvalue weighted by atomic mass is 10.1. The van der Waals surface area contributed by atoms with Gasteiger partial charge in [0.15, 0.2) is 6.10 Å². The van der Waals surface area contributed by atoms with Crippen LogP contribution in [0.3, 0.4) is 0 Å². The van der Waals surface area contributed by atoms with Gasteiger partial charge in [0.1, 0.15) is 17.1 Å². The van der Waals surface area contributed by atoms with E-state index in [1.165, 1.54) is 27.2 Å². The van der Waals surface area contributed by atoms with Crippen molar-refractivity contribution < 1.29 is 23.8 Å². The summed E-state index contributed by atoms with van der Waals surface area (Å²) in [6.07, 6.45) is -0.939. The summed E-state index contributed by atoms with van der Waals surface area (Å²) in [4.78, 5) is 24.6. The van der Waals surface area contributed by atoms with Gasteiger partial charge in [0.25, 0.3) is 0 Å². The number of Topliss-reactive ketones (excluding diaryl/α,β-unsaturated/α-hetero) is 1. The van der Waals surface area contributed by atoms with Crippen LogP contribution in [0.15, 0.2) is 42.5 Å². The number of benzene rings is 2. The lowest BCUT2D eigenvalue weighted by Crippen LogP contribution is -2.24. The molecular weight excluding hydrogens is 332 g/mol. The number of carbonyl (C=O) groups excluding carboxylic acids is 2. The van der Waals surface area contributed by atoms with Gasteiger partial charge >= 0.3 is 5.97 Å². The van der Waals surface area contributed by atoms with Gasteiger partial charge in [-0.15, -0.1) is 0 Å². The van der Waals surface area contributed by atoms with Crippen LogP contribution in [0.4, 0.5) is 0 Å². The third-order valence-electron chi connectivity index (χ3n) is 3.41. The average Bonchev–Trinajstić information content (AvgIpc) is 2.60. The van der Waals surface area contributed by atoms with Crippen molar-refractivity contribution in [2.45, 2.75) is 13.0 Å². The number of ketones is 1. The Morgan fingerprint density at radius 1 is 1.00 bits per heavy atom. The Labute approximate surface area is 145 Å². The van der Waals surface area contributed by atoms with Crippen molar-refractivity contribution in [1.82, 2.24) is 0 Å². The van der Waals surface area contributed by atoms with Crippen LogP contribution in [0.1, 0.15) is 27.6 Å². The molecule has 2 rings (SSSR count). The van der Waals surface area contributed by atoms with Crippen LogP contribution in [0, 0.1) is 0 Å². The maximum absolute atomic E-state index is 12.3. The first-order valence-electron chi connectivity index (χ1n) is 7.19. The molecule has 0 N–H and O–H groups in total. The SMILES string of the molecule is COc1ccc(C(=O)O[C@H](C)C(=O)c2ccc(Cl)cc2)c(OC)c1. The molecule has 0 amide bonds. The fraction of sp³-hybridized carbons (Fsp3) is 0.222. The van der Waals surface area contributed by atoms with Crippen molar-refractivity contribution in [3.8, 4) is 11.5 Å². The Hall–Kier alpha value is -2.53.